The highest BCUT2D eigenvalue weighted by atomic mass is 35.5. The van der Waals surface area contributed by atoms with E-state index in [1.54, 1.807) is 6.07 Å². The Morgan fingerprint density at radius 1 is 1.50 bits per heavy atom. The summed E-state index contributed by atoms with van der Waals surface area (Å²) >= 11 is 5.83. The van der Waals surface area contributed by atoms with Crippen LogP contribution in [0.5, 0.6) is 5.75 Å². The van der Waals surface area contributed by atoms with E-state index < -0.39 is 5.97 Å². The summed E-state index contributed by atoms with van der Waals surface area (Å²) in [5.41, 5.74) is 0.477. The van der Waals surface area contributed by atoms with Crippen molar-refractivity contribution < 1.29 is 14.6 Å². The van der Waals surface area contributed by atoms with Gasteiger partial charge in [0.05, 0.1) is 11.3 Å². The maximum atomic E-state index is 11.0. The Bertz CT molecular complexity index is 698. The van der Waals surface area contributed by atoms with Crippen LogP contribution in [0.1, 0.15) is 21.6 Å². The first-order valence-electron chi connectivity index (χ1n) is 5.46. The van der Waals surface area contributed by atoms with E-state index in [4.69, 9.17) is 26.7 Å². The van der Waals surface area contributed by atoms with Crippen molar-refractivity contribution in [3.63, 3.8) is 0 Å². The first-order chi connectivity index (χ1) is 9.61. The van der Waals surface area contributed by atoms with Gasteiger partial charge in [-0.3, -0.25) is 0 Å². The van der Waals surface area contributed by atoms with Gasteiger partial charge < -0.3 is 9.84 Å². The minimum absolute atomic E-state index is 0.0481. The summed E-state index contributed by atoms with van der Waals surface area (Å²) in [5, 5.41) is 18.4. The molecule has 0 unspecified atom stereocenters. The van der Waals surface area contributed by atoms with Crippen molar-refractivity contribution in [2.45, 2.75) is 6.61 Å². The van der Waals surface area contributed by atoms with Crippen molar-refractivity contribution in [3.8, 4) is 11.8 Å². The van der Waals surface area contributed by atoms with Gasteiger partial charge >= 0.3 is 5.97 Å². The second-order valence-corrected chi connectivity index (χ2v) is 4.17. The molecule has 2 aromatic rings. The fourth-order valence-electron chi connectivity index (χ4n) is 1.50. The van der Waals surface area contributed by atoms with Crippen LogP contribution in [-0.2, 0) is 6.61 Å². The van der Waals surface area contributed by atoms with Crippen molar-refractivity contribution in [3.05, 3.63) is 52.6 Å². The number of carbonyl (C=O) groups is 1. The number of halogens is 1. The smallest absolute Gasteiger partial charge is 0.339 e. The van der Waals surface area contributed by atoms with Gasteiger partial charge in [0.15, 0.2) is 0 Å². The average molecular weight is 290 g/mol. The molecule has 0 saturated carbocycles. The minimum Gasteiger partial charge on any atom is -0.486 e. The Kier molecular flexibility index (Phi) is 4.13. The van der Waals surface area contributed by atoms with Crippen LogP contribution in [0.2, 0.25) is 5.02 Å². The molecule has 0 bridgehead atoms. The van der Waals surface area contributed by atoms with Crippen LogP contribution in [0.3, 0.4) is 0 Å². The zero-order chi connectivity index (χ0) is 14.5. The highest BCUT2D eigenvalue weighted by Gasteiger charge is 2.13. The van der Waals surface area contributed by atoms with E-state index in [1.807, 2.05) is 6.07 Å². The fraction of sp³-hybridized carbons (Fsp3) is 0.0769. The van der Waals surface area contributed by atoms with Crippen molar-refractivity contribution in [1.82, 2.24) is 9.97 Å². The second kappa shape index (κ2) is 5.99. The van der Waals surface area contributed by atoms with Crippen LogP contribution in [0.4, 0.5) is 0 Å². The standard InChI is InChI=1S/C13H8ClN3O3/c14-9-2-1-8(4-15)12(3-9)20-6-11-10(13(18)19)5-16-7-17-11/h1-3,5,7H,6H2,(H,18,19). The Labute approximate surface area is 119 Å². The highest BCUT2D eigenvalue weighted by Crippen LogP contribution is 2.23. The topological polar surface area (TPSA) is 96.1 Å². The number of nitrogens with zero attached hydrogens (tertiary/aromatic N) is 3. The third-order valence-corrected chi connectivity index (χ3v) is 2.69. The van der Waals surface area contributed by atoms with Crippen molar-refractivity contribution in [1.29, 1.82) is 5.26 Å². The zero-order valence-corrected chi connectivity index (χ0v) is 10.8. The number of nitriles is 1. The third kappa shape index (κ3) is 3.02. The minimum atomic E-state index is -1.14. The average Bonchev–Trinajstić information content (AvgIpc) is 2.45. The van der Waals surface area contributed by atoms with E-state index in [1.165, 1.54) is 24.7 Å². The lowest BCUT2D eigenvalue weighted by atomic mass is 10.2. The summed E-state index contributed by atoms with van der Waals surface area (Å²) in [6, 6.07) is 6.54. The zero-order valence-electron chi connectivity index (χ0n) is 10.1. The van der Waals surface area contributed by atoms with Crippen molar-refractivity contribution >= 4 is 17.6 Å². The molecule has 6 nitrogen and oxygen atoms in total. The van der Waals surface area contributed by atoms with Crippen LogP contribution >= 0.6 is 11.6 Å². The van der Waals surface area contributed by atoms with E-state index in [9.17, 15) is 4.79 Å². The van der Waals surface area contributed by atoms with Crippen molar-refractivity contribution in [2.24, 2.45) is 0 Å². The van der Waals surface area contributed by atoms with Crippen LogP contribution in [0, 0.1) is 11.3 Å². The van der Waals surface area contributed by atoms with Gasteiger partial charge in [-0.15, -0.1) is 0 Å². The van der Waals surface area contributed by atoms with Crippen LogP contribution in [0.15, 0.2) is 30.7 Å². The normalized spacial score (nSPS) is 9.80. The lowest BCUT2D eigenvalue weighted by Gasteiger charge is -2.09. The van der Waals surface area contributed by atoms with Crippen LogP contribution in [-0.4, -0.2) is 21.0 Å². The molecule has 0 aliphatic heterocycles. The molecule has 0 aliphatic carbocycles. The van der Waals surface area contributed by atoms with Crippen LogP contribution in [0.25, 0.3) is 0 Å². The number of ether oxygens (including phenoxy) is 1. The molecule has 0 fully saturated rings. The highest BCUT2D eigenvalue weighted by molar-refractivity contribution is 6.30. The van der Waals surface area contributed by atoms with E-state index >= 15 is 0 Å². The summed E-state index contributed by atoms with van der Waals surface area (Å²) in [4.78, 5) is 18.5. The van der Waals surface area contributed by atoms with Gasteiger partial charge in [0, 0.05) is 17.3 Å². The molecule has 7 heteroatoms. The molecule has 0 amide bonds. The van der Waals surface area contributed by atoms with E-state index in [2.05, 4.69) is 9.97 Å². The number of rotatable bonds is 4. The fourth-order valence-corrected chi connectivity index (χ4v) is 1.66. The molecule has 1 aromatic heterocycles. The number of benzene rings is 1. The predicted molar refractivity (Wildman–Crippen MR) is 69.5 cm³/mol. The molecule has 100 valence electrons. The summed E-state index contributed by atoms with van der Waals surface area (Å²) in [6.07, 6.45) is 2.42. The molecule has 1 N–H and O–H groups in total. The first kappa shape index (κ1) is 13.8. The summed E-state index contributed by atoms with van der Waals surface area (Å²) in [5.74, 6) is -0.870. The molecule has 0 aliphatic rings. The number of aromatic nitrogens is 2. The Morgan fingerprint density at radius 2 is 2.30 bits per heavy atom. The Morgan fingerprint density at radius 3 is 3.00 bits per heavy atom. The molecule has 1 heterocycles. The van der Waals surface area contributed by atoms with Gasteiger partial charge in [-0.25, -0.2) is 14.8 Å². The number of hydrogen-bond acceptors (Lipinski definition) is 5. The second-order valence-electron chi connectivity index (χ2n) is 3.73. The molecule has 0 radical (unpaired) electrons. The molecular formula is C13H8ClN3O3. The summed E-state index contributed by atoms with van der Waals surface area (Å²) in [7, 11) is 0. The van der Waals surface area contributed by atoms with Gasteiger partial charge in [0.2, 0.25) is 0 Å². The van der Waals surface area contributed by atoms with Gasteiger partial charge in [0.25, 0.3) is 0 Å². The van der Waals surface area contributed by atoms with E-state index in [-0.39, 0.29) is 23.6 Å². The quantitative estimate of drug-likeness (QED) is 0.927. The molecule has 2 rings (SSSR count). The molecular weight excluding hydrogens is 282 g/mol. The molecule has 1 aromatic carbocycles. The number of carboxylic acids is 1. The van der Waals surface area contributed by atoms with Gasteiger partial charge in [0.1, 0.15) is 30.3 Å². The Hall–Kier alpha value is -2.65. The largest absolute Gasteiger partial charge is 0.486 e. The maximum Gasteiger partial charge on any atom is 0.339 e. The number of aromatic carboxylic acids is 1. The third-order valence-electron chi connectivity index (χ3n) is 2.45. The first-order valence-corrected chi connectivity index (χ1v) is 5.84. The molecule has 20 heavy (non-hydrogen) atoms. The number of carboxylic acid groups (broad SMARTS) is 1. The van der Waals surface area contributed by atoms with Gasteiger partial charge in [-0.2, -0.15) is 5.26 Å². The van der Waals surface area contributed by atoms with Gasteiger partial charge in [-0.05, 0) is 12.1 Å². The molecule has 0 spiro atoms. The summed E-state index contributed by atoms with van der Waals surface area (Å²) < 4.78 is 5.43. The molecule has 0 saturated heterocycles. The lowest BCUT2D eigenvalue weighted by Crippen LogP contribution is -2.09. The molecule has 0 atom stereocenters. The predicted octanol–water partition coefficient (Wildman–Crippen LogP) is 2.28. The monoisotopic (exact) mass is 289 g/mol. The van der Waals surface area contributed by atoms with Crippen LogP contribution < -0.4 is 4.74 Å². The summed E-state index contributed by atoms with van der Waals surface area (Å²) in [6.45, 7) is -0.0980. The number of hydrogen-bond donors (Lipinski definition) is 1. The SMILES string of the molecule is N#Cc1ccc(Cl)cc1OCc1ncncc1C(=O)O. The maximum absolute atomic E-state index is 11.0. The van der Waals surface area contributed by atoms with Gasteiger partial charge in [-0.1, -0.05) is 11.6 Å². The van der Waals surface area contributed by atoms with E-state index in [0.29, 0.717) is 10.6 Å². The van der Waals surface area contributed by atoms with Crippen molar-refractivity contribution in [2.75, 3.05) is 0 Å². The lowest BCUT2D eigenvalue weighted by molar-refractivity contribution is 0.0692. The van der Waals surface area contributed by atoms with E-state index in [0.717, 1.165) is 0 Å². The Balaban J connectivity index is 2.24.